The summed E-state index contributed by atoms with van der Waals surface area (Å²) in [6.45, 7) is 0. The molecule has 1 aromatic heterocycles. The summed E-state index contributed by atoms with van der Waals surface area (Å²) in [5.74, 6) is 2.54. The van der Waals surface area contributed by atoms with Gasteiger partial charge in [0.05, 0.1) is 28.4 Å². The van der Waals surface area contributed by atoms with Crippen LogP contribution in [0.1, 0.15) is 11.3 Å². The van der Waals surface area contributed by atoms with Crippen LogP contribution in [0.15, 0.2) is 44.0 Å². The first-order valence-corrected chi connectivity index (χ1v) is 9.10. The number of hydrogen-bond donors (Lipinski definition) is 0. The van der Waals surface area contributed by atoms with Gasteiger partial charge < -0.3 is 23.4 Å². The molecule has 0 radical (unpaired) electrons. The monoisotopic (exact) mass is 446 g/mol. The van der Waals surface area contributed by atoms with Crippen molar-refractivity contribution < 1.29 is 23.4 Å². The van der Waals surface area contributed by atoms with Crippen LogP contribution in [-0.4, -0.2) is 28.4 Å². The molecule has 146 valence electrons. The van der Waals surface area contributed by atoms with Gasteiger partial charge in [0.25, 0.3) is 0 Å². The molecule has 0 fully saturated rings. The van der Waals surface area contributed by atoms with E-state index in [0.29, 0.717) is 44.2 Å². The third-order valence-corrected chi connectivity index (χ3v) is 4.94. The Balaban J connectivity index is 2.10. The first-order valence-electron chi connectivity index (χ1n) is 8.30. The summed E-state index contributed by atoms with van der Waals surface area (Å²) in [6, 6.07) is 8.80. The van der Waals surface area contributed by atoms with E-state index in [1.807, 2.05) is 18.2 Å². The molecule has 0 atom stereocenters. The SMILES string of the molecule is COc1cc(OC)c2c(=O)c(Br)c(/C=C/c3ccc(OC)c(OC)c3)oc2c1. The molecule has 0 aliphatic rings. The Labute approximate surface area is 170 Å². The third kappa shape index (κ3) is 3.71. The fraction of sp³-hybridized carbons (Fsp3) is 0.190. The van der Waals surface area contributed by atoms with Gasteiger partial charge in [-0.2, -0.15) is 0 Å². The summed E-state index contributed by atoms with van der Waals surface area (Å²) in [4.78, 5) is 12.8. The lowest BCUT2D eigenvalue weighted by Gasteiger charge is -2.09. The van der Waals surface area contributed by atoms with E-state index in [1.165, 1.54) is 14.2 Å². The van der Waals surface area contributed by atoms with Gasteiger partial charge in [-0.3, -0.25) is 4.79 Å². The minimum Gasteiger partial charge on any atom is -0.496 e. The van der Waals surface area contributed by atoms with Crippen molar-refractivity contribution in [2.75, 3.05) is 28.4 Å². The molecule has 3 aromatic rings. The van der Waals surface area contributed by atoms with Gasteiger partial charge >= 0.3 is 0 Å². The quantitative estimate of drug-likeness (QED) is 0.543. The van der Waals surface area contributed by atoms with Gasteiger partial charge in [0, 0.05) is 12.1 Å². The number of fused-ring (bicyclic) bond motifs is 1. The smallest absolute Gasteiger partial charge is 0.211 e. The standard InChI is InChI=1S/C21H19BrO6/c1-24-13-10-17(27-4)19-18(11-13)28-15(20(22)21(19)23)8-6-12-5-7-14(25-2)16(9-12)26-3/h5-11H,1-4H3/b8-6+. The lowest BCUT2D eigenvalue weighted by Crippen LogP contribution is -2.06. The Morgan fingerprint density at radius 3 is 2.21 bits per heavy atom. The minimum absolute atomic E-state index is 0.229. The normalized spacial score (nSPS) is 11.0. The van der Waals surface area contributed by atoms with Crippen LogP contribution in [0.25, 0.3) is 23.1 Å². The molecule has 0 N–H and O–H groups in total. The van der Waals surface area contributed by atoms with Crippen LogP contribution in [0.4, 0.5) is 0 Å². The van der Waals surface area contributed by atoms with Crippen molar-refractivity contribution in [3.63, 3.8) is 0 Å². The van der Waals surface area contributed by atoms with Gasteiger partial charge in [-0.15, -0.1) is 0 Å². The van der Waals surface area contributed by atoms with Gasteiger partial charge in [-0.1, -0.05) is 12.1 Å². The maximum Gasteiger partial charge on any atom is 0.211 e. The Kier molecular flexibility index (Phi) is 5.94. The van der Waals surface area contributed by atoms with E-state index in [9.17, 15) is 4.79 Å². The van der Waals surface area contributed by atoms with Crippen molar-refractivity contribution >= 4 is 39.1 Å². The number of rotatable bonds is 6. The van der Waals surface area contributed by atoms with Crippen molar-refractivity contribution in [2.45, 2.75) is 0 Å². The largest absolute Gasteiger partial charge is 0.496 e. The summed E-state index contributed by atoms with van der Waals surface area (Å²) >= 11 is 3.34. The Bertz CT molecular complexity index is 1100. The molecule has 0 amide bonds. The zero-order valence-electron chi connectivity index (χ0n) is 15.9. The summed E-state index contributed by atoms with van der Waals surface area (Å²) < 4.78 is 27.4. The molecular formula is C21H19BrO6. The summed E-state index contributed by atoms with van der Waals surface area (Å²) in [5, 5.41) is 0.346. The zero-order chi connectivity index (χ0) is 20.3. The van der Waals surface area contributed by atoms with Gasteiger partial charge in [-0.05, 0) is 39.7 Å². The van der Waals surface area contributed by atoms with Crippen molar-refractivity contribution in [1.29, 1.82) is 0 Å². The fourth-order valence-electron chi connectivity index (χ4n) is 2.77. The van der Waals surface area contributed by atoms with E-state index in [4.69, 9.17) is 23.4 Å². The maximum absolute atomic E-state index is 12.8. The number of hydrogen-bond acceptors (Lipinski definition) is 6. The minimum atomic E-state index is -0.229. The molecule has 28 heavy (non-hydrogen) atoms. The Hall–Kier alpha value is -2.93. The number of methoxy groups -OCH3 is 4. The molecule has 7 heteroatoms. The Morgan fingerprint density at radius 2 is 1.57 bits per heavy atom. The molecule has 6 nitrogen and oxygen atoms in total. The first-order chi connectivity index (χ1) is 13.5. The van der Waals surface area contributed by atoms with E-state index in [2.05, 4.69) is 15.9 Å². The number of ether oxygens (including phenoxy) is 4. The van der Waals surface area contributed by atoms with E-state index in [-0.39, 0.29) is 5.43 Å². The van der Waals surface area contributed by atoms with Gasteiger partial charge in [0.2, 0.25) is 5.43 Å². The van der Waals surface area contributed by atoms with E-state index >= 15 is 0 Å². The van der Waals surface area contributed by atoms with Crippen LogP contribution in [-0.2, 0) is 0 Å². The molecule has 0 spiro atoms. The lowest BCUT2D eigenvalue weighted by atomic mass is 10.1. The van der Waals surface area contributed by atoms with Crippen molar-refractivity contribution in [2.24, 2.45) is 0 Å². The fourth-order valence-corrected chi connectivity index (χ4v) is 3.18. The third-order valence-electron chi connectivity index (χ3n) is 4.19. The molecule has 2 aromatic carbocycles. The van der Waals surface area contributed by atoms with Crippen LogP contribution < -0.4 is 24.4 Å². The van der Waals surface area contributed by atoms with E-state index < -0.39 is 0 Å². The second-order valence-corrected chi connectivity index (χ2v) is 6.55. The van der Waals surface area contributed by atoms with E-state index in [1.54, 1.807) is 38.5 Å². The highest BCUT2D eigenvalue weighted by Crippen LogP contribution is 2.32. The van der Waals surface area contributed by atoms with Gasteiger partial charge in [-0.25, -0.2) is 0 Å². The van der Waals surface area contributed by atoms with E-state index in [0.717, 1.165) is 5.56 Å². The molecule has 0 bridgehead atoms. The second-order valence-electron chi connectivity index (χ2n) is 5.76. The Morgan fingerprint density at radius 1 is 0.857 bits per heavy atom. The molecule has 0 saturated carbocycles. The van der Waals surface area contributed by atoms with Crippen molar-refractivity contribution in [3.05, 3.63) is 56.4 Å². The van der Waals surface area contributed by atoms with Crippen LogP contribution in [0.2, 0.25) is 0 Å². The zero-order valence-corrected chi connectivity index (χ0v) is 17.5. The molecule has 3 rings (SSSR count). The van der Waals surface area contributed by atoms with Crippen LogP contribution >= 0.6 is 15.9 Å². The molecule has 0 aliphatic heterocycles. The van der Waals surface area contributed by atoms with Gasteiger partial charge in [0.15, 0.2) is 11.5 Å². The summed E-state index contributed by atoms with van der Waals surface area (Å²) in [6.07, 6.45) is 3.52. The molecule has 0 saturated heterocycles. The topological polar surface area (TPSA) is 67.1 Å². The van der Waals surface area contributed by atoms with Gasteiger partial charge in [0.1, 0.15) is 32.7 Å². The maximum atomic E-state index is 12.8. The summed E-state index contributed by atoms with van der Waals surface area (Å²) in [7, 11) is 6.18. The highest BCUT2D eigenvalue weighted by molar-refractivity contribution is 9.10. The second kappa shape index (κ2) is 8.39. The number of halogens is 1. The van der Waals surface area contributed by atoms with Crippen LogP contribution in [0.5, 0.6) is 23.0 Å². The van der Waals surface area contributed by atoms with Crippen molar-refractivity contribution in [1.82, 2.24) is 0 Å². The predicted octanol–water partition coefficient (Wildman–Crippen LogP) is 4.76. The lowest BCUT2D eigenvalue weighted by molar-refractivity contribution is 0.355. The highest BCUT2D eigenvalue weighted by atomic mass is 79.9. The molecule has 0 aliphatic carbocycles. The molecule has 0 unspecified atom stereocenters. The van der Waals surface area contributed by atoms with Crippen LogP contribution in [0.3, 0.4) is 0 Å². The van der Waals surface area contributed by atoms with Crippen LogP contribution in [0, 0.1) is 0 Å². The average Bonchev–Trinajstić information content (AvgIpc) is 2.73. The predicted molar refractivity (Wildman–Crippen MR) is 112 cm³/mol. The first kappa shape index (κ1) is 19.8. The van der Waals surface area contributed by atoms with Crippen molar-refractivity contribution in [3.8, 4) is 23.0 Å². The summed E-state index contributed by atoms with van der Waals surface area (Å²) in [5.41, 5.74) is 1.000. The highest BCUT2D eigenvalue weighted by Gasteiger charge is 2.16. The molecule has 1 heterocycles. The molecular weight excluding hydrogens is 428 g/mol. The number of benzene rings is 2. The average molecular weight is 447 g/mol.